The predicted molar refractivity (Wildman–Crippen MR) is 192 cm³/mol. The van der Waals surface area contributed by atoms with Crippen molar-refractivity contribution >= 4 is 24.6 Å². The van der Waals surface area contributed by atoms with E-state index >= 15 is 0 Å². The second-order valence-electron chi connectivity index (χ2n) is 11.2. The topological polar surface area (TPSA) is 103 Å². The van der Waals surface area contributed by atoms with Gasteiger partial charge >= 0.3 is 0 Å². The minimum absolute atomic E-state index is 0.233. The van der Waals surface area contributed by atoms with E-state index in [4.69, 9.17) is 19.6 Å². The molecule has 1 fully saturated rings. The van der Waals surface area contributed by atoms with Gasteiger partial charge in [-0.25, -0.2) is 0 Å². The third-order valence-electron chi connectivity index (χ3n) is 7.30. The number of allylic oxidation sites excluding steroid dienone is 1. The number of benzene rings is 3. The molecular formula is C40H53NO6. The highest BCUT2D eigenvalue weighted by Crippen LogP contribution is 2.31. The van der Waals surface area contributed by atoms with Gasteiger partial charge in [0.2, 0.25) is 0 Å². The first-order valence-electron chi connectivity index (χ1n) is 16.4. The van der Waals surface area contributed by atoms with Crippen LogP contribution in [0.25, 0.3) is 11.1 Å². The Bertz CT molecular complexity index is 1340. The van der Waals surface area contributed by atoms with Crippen LogP contribution in [0.2, 0.25) is 0 Å². The Labute approximate surface area is 281 Å². The Morgan fingerprint density at radius 3 is 1.91 bits per heavy atom. The lowest BCUT2D eigenvalue weighted by Crippen LogP contribution is -2.21. The predicted octanol–water partition coefficient (Wildman–Crippen LogP) is 9.61. The fourth-order valence-electron chi connectivity index (χ4n) is 4.30. The van der Waals surface area contributed by atoms with Crippen molar-refractivity contribution in [1.29, 1.82) is 5.41 Å². The molecule has 4 rings (SSSR count). The van der Waals surface area contributed by atoms with Gasteiger partial charge in [-0.3, -0.25) is 14.4 Å². The molecule has 0 aliphatic heterocycles. The van der Waals surface area contributed by atoms with E-state index < -0.39 is 0 Å². The van der Waals surface area contributed by atoms with Gasteiger partial charge < -0.3 is 19.6 Å². The molecule has 1 N–H and O–H groups in total. The summed E-state index contributed by atoms with van der Waals surface area (Å²) < 4.78 is 15.5. The van der Waals surface area contributed by atoms with Crippen LogP contribution in [0.1, 0.15) is 98.4 Å². The van der Waals surface area contributed by atoms with Gasteiger partial charge in [-0.15, -0.1) is 0 Å². The Kier molecular flexibility index (Phi) is 21.5. The van der Waals surface area contributed by atoms with Gasteiger partial charge in [-0.2, -0.15) is 0 Å². The summed E-state index contributed by atoms with van der Waals surface area (Å²) in [6.07, 6.45) is 12.5. The van der Waals surface area contributed by atoms with Crippen molar-refractivity contribution in [3.05, 3.63) is 95.6 Å². The van der Waals surface area contributed by atoms with Gasteiger partial charge in [0.15, 0.2) is 5.78 Å². The molecule has 0 bridgehead atoms. The van der Waals surface area contributed by atoms with Crippen LogP contribution in [-0.4, -0.2) is 52.0 Å². The molecule has 7 nitrogen and oxygen atoms in total. The standard InChI is InChI=1S/C19H19NO2.C11H14O3.C6H14.C4H6O/c1-22-18-10-9-16(11-17(18)12-20)13-5-7-15(8-6-13)19(21)14-3-2-4-14;1-13-7-2-8-14-11-5-3-10(9-12)4-6-11;1-3-5-6-4-2;1-4(2)3-5/h5-12,14,20H,2-4H2,1H3;3-6,9H,2,7-8H2,1H3;3-6H2,1-2H3;3H,1H2,2H3. The number of carbonyl (C=O) groups is 3. The van der Waals surface area contributed by atoms with Crippen molar-refractivity contribution in [2.75, 3.05) is 27.4 Å². The fourth-order valence-corrected chi connectivity index (χ4v) is 4.30. The SMILES string of the molecule is C=C(C)C=O.CCCCCC.COCCCOc1ccc(C=O)cc1.COc1ccc(-c2ccc(C(=O)C3CCC3)cc2)cc1C=N. The Hall–Kier alpha value is -4.36. The zero-order valence-corrected chi connectivity index (χ0v) is 28.9. The number of nitrogens with one attached hydrogen (secondary N) is 1. The van der Waals surface area contributed by atoms with Gasteiger partial charge in [-0.05, 0) is 72.9 Å². The second-order valence-corrected chi connectivity index (χ2v) is 11.2. The largest absolute Gasteiger partial charge is 0.496 e. The summed E-state index contributed by atoms with van der Waals surface area (Å²) in [5, 5.41) is 7.46. The smallest absolute Gasteiger partial charge is 0.165 e. The maximum atomic E-state index is 12.2. The number of ether oxygens (including phenoxy) is 3. The van der Waals surface area contributed by atoms with Crippen molar-refractivity contribution < 1.29 is 28.6 Å². The van der Waals surface area contributed by atoms with Crippen molar-refractivity contribution in [2.45, 2.75) is 72.1 Å². The molecular weight excluding hydrogens is 590 g/mol. The average molecular weight is 644 g/mol. The molecule has 7 heteroatoms. The van der Waals surface area contributed by atoms with Crippen LogP contribution < -0.4 is 9.47 Å². The maximum absolute atomic E-state index is 12.2. The zero-order chi connectivity index (χ0) is 34.9. The molecule has 254 valence electrons. The van der Waals surface area contributed by atoms with Crippen LogP contribution in [0.3, 0.4) is 0 Å². The molecule has 0 aromatic heterocycles. The van der Waals surface area contributed by atoms with E-state index in [9.17, 15) is 14.4 Å². The first-order valence-corrected chi connectivity index (χ1v) is 16.4. The number of carbonyl (C=O) groups excluding carboxylic acids is 3. The highest BCUT2D eigenvalue weighted by molar-refractivity contribution is 5.98. The summed E-state index contributed by atoms with van der Waals surface area (Å²) in [7, 11) is 3.27. The van der Waals surface area contributed by atoms with Crippen LogP contribution in [-0.2, 0) is 9.53 Å². The van der Waals surface area contributed by atoms with Gasteiger partial charge in [0.1, 0.15) is 24.1 Å². The van der Waals surface area contributed by atoms with Gasteiger partial charge in [0.25, 0.3) is 0 Å². The third kappa shape index (κ3) is 16.2. The zero-order valence-electron chi connectivity index (χ0n) is 28.9. The molecule has 1 saturated carbocycles. The molecule has 1 aliphatic carbocycles. The first-order chi connectivity index (χ1) is 22.8. The summed E-state index contributed by atoms with van der Waals surface area (Å²) in [5.41, 5.74) is 4.83. The summed E-state index contributed by atoms with van der Waals surface area (Å²) in [5.74, 6) is 1.98. The molecule has 0 unspecified atom stereocenters. The molecule has 0 atom stereocenters. The number of unbranched alkanes of at least 4 members (excludes halogenated alkanes) is 3. The third-order valence-corrected chi connectivity index (χ3v) is 7.30. The highest BCUT2D eigenvalue weighted by Gasteiger charge is 2.26. The molecule has 0 amide bonds. The minimum Gasteiger partial charge on any atom is -0.496 e. The number of methoxy groups -OCH3 is 2. The number of aldehydes is 2. The molecule has 0 saturated heterocycles. The van der Waals surface area contributed by atoms with E-state index in [1.807, 2.05) is 42.5 Å². The van der Waals surface area contributed by atoms with Crippen molar-refractivity contribution in [3.63, 3.8) is 0 Å². The Balaban J connectivity index is 0.000000376. The number of Topliss-reactive ketones (excluding diaryl/α,β-unsaturated/α-hetero) is 1. The molecule has 0 spiro atoms. The van der Waals surface area contributed by atoms with Gasteiger partial charge in [0, 0.05) is 49.0 Å². The Morgan fingerprint density at radius 2 is 1.47 bits per heavy atom. The maximum Gasteiger partial charge on any atom is 0.165 e. The van der Waals surface area contributed by atoms with E-state index in [-0.39, 0.29) is 11.7 Å². The molecule has 3 aromatic rings. The second kappa shape index (κ2) is 24.8. The first kappa shape index (κ1) is 40.7. The molecule has 0 radical (unpaired) electrons. The van der Waals surface area contributed by atoms with E-state index in [1.165, 1.54) is 38.3 Å². The van der Waals surface area contributed by atoms with E-state index in [2.05, 4.69) is 20.4 Å². The molecule has 47 heavy (non-hydrogen) atoms. The van der Waals surface area contributed by atoms with E-state index in [0.717, 1.165) is 59.8 Å². The normalized spacial score (nSPS) is 11.4. The van der Waals surface area contributed by atoms with Crippen LogP contribution >= 0.6 is 0 Å². The van der Waals surface area contributed by atoms with Crippen LogP contribution in [0.4, 0.5) is 0 Å². The number of hydrogen-bond donors (Lipinski definition) is 1. The van der Waals surface area contributed by atoms with E-state index in [1.54, 1.807) is 45.4 Å². The number of ketones is 1. The minimum atomic E-state index is 0.233. The van der Waals surface area contributed by atoms with Crippen molar-refractivity contribution in [1.82, 2.24) is 0 Å². The lowest BCUT2D eigenvalue weighted by Gasteiger charge is -2.23. The van der Waals surface area contributed by atoms with Crippen molar-refractivity contribution in [3.8, 4) is 22.6 Å². The van der Waals surface area contributed by atoms with Gasteiger partial charge in [0.05, 0.1) is 13.7 Å². The summed E-state index contributed by atoms with van der Waals surface area (Å²) >= 11 is 0. The lowest BCUT2D eigenvalue weighted by molar-refractivity contribution is -0.104. The van der Waals surface area contributed by atoms with Gasteiger partial charge in [-0.1, -0.05) is 82.9 Å². The van der Waals surface area contributed by atoms with Crippen LogP contribution in [0.15, 0.2) is 78.9 Å². The number of rotatable bonds is 15. The van der Waals surface area contributed by atoms with Crippen molar-refractivity contribution in [2.24, 2.45) is 5.92 Å². The number of hydrogen-bond acceptors (Lipinski definition) is 7. The average Bonchev–Trinajstić information content (AvgIpc) is 3.09. The Morgan fingerprint density at radius 1 is 0.872 bits per heavy atom. The lowest BCUT2D eigenvalue weighted by atomic mass is 9.80. The van der Waals surface area contributed by atoms with E-state index in [0.29, 0.717) is 30.1 Å². The highest BCUT2D eigenvalue weighted by atomic mass is 16.5. The molecule has 1 aliphatic rings. The van der Waals surface area contributed by atoms with Crippen LogP contribution in [0.5, 0.6) is 11.5 Å². The molecule has 3 aromatic carbocycles. The summed E-state index contributed by atoms with van der Waals surface area (Å²) in [6.45, 7) is 10.8. The summed E-state index contributed by atoms with van der Waals surface area (Å²) in [6, 6.07) is 20.6. The molecule has 0 heterocycles. The quantitative estimate of drug-likeness (QED) is 0.0582. The fraction of sp³-hybridized carbons (Fsp3) is 0.400. The van der Waals surface area contributed by atoms with Crippen LogP contribution in [0, 0.1) is 11.3 Å². The monoisotopic (exact) mass is 643 g/mol. The summed E-state index contributed by atoms with van der Waals surface area (Å²) in [4.78, 5) is 32.0.